The first-order chi connectivity index (χ1) is 9.45. The average molecular weight is 279 g/mol. The van der Waals surface area contributed by atoms with Crippen molar-refractivity contribution < 1.29 is 19.1 Å². The highest BCUT2D eigenvalue weighted by Crippen LogP contribution is 2.15. The van der Waals surface area contributed by atoms with Gasteiger partial charge >= 0.3 is 5.97 Å². The molecule has 1 aromatic rings. The largest absolute Gasteiger partial charge is 0.480 e. The molecule has 20 heavy (non-hydrogen) atoms. The number of carbonyl (C=O) groups excluding carboxylic acids is 1. The maximum atomic E-state index is 13.4. The molecule has 0 aromatic heterocycles. The van der Waals surface area contributed by atoms with Gasteiger partial charge in [-0.15, -0.1) is 0 Å². The molecule has 0 radical (unpaired) electrons. The van der Waals surface area contributed by atoms with Gasteiger partial charge in [0.25, 0.3) is 0 Å². The molecule has 0 aliphatic heterocycles. The number of benzene rings is 1. The Labute approximate surface area is 117 Å². The van der Waals surface area contributed by atoms with Crippen molar-refractivity contribution in [3.05, 3.63) is 41.7 Å². The third-order valence-corrected chi connectivity index (χ3v) is 3.30. The highest BCUT2D eigenvalue weighted by molar-refractivity contribution is 5.95. The molecule has 0 bridgehead atoms. The van der Waals surface area contributed by atoms with Crippen LogP contribution in [0.15, 0.2) is 30.3 Å². The Kier molecular flexibility index (Phi) is 5.43. The van der Waals surface area contributed by atoms with Crippen molar-refractivity contribution in [2.24, 2.45) is 0 Å². The van der Waals surface area contributed by atoms with E-state index in [1.807, 2.05) is 0 Å². The van der Waals surface area contributed by atoms with Crippen molar-refractivity contribution in [2.45, 2.75) is 32.2 Å². The summed E-state index contributed by atoms with van der Waals surface area (Å²) >= 11 is 0. The predicted octanol–water partition coefficient (Wildman–Crippen LogP) is 2.60. The van der Waals surface area contributed by atoms with E-state index in [0.29, 0.717) is 0 Å². The highest BCUT2D eigenvalue weighted by Gasteiger charge is 2.35. The molecule has 1 amide bonds. The van der Waals surface area contributed by atoms with Gasteiger partial charge in [0.15, 0.2) is 0 Å². The Morgan fingerprint density at radius 2 is 1.90 bits per heavy atom. The maximum absolute atomic E-state index is 13.4. The second-order valence-corrected chi connectivity index (χ2v) is 4.44. The van der Waals surface area contributed by atoms with Gasteiger partial charge in [0.05, 0.1) is 0 Å². The molecule has 2 N–H and O–H groups in total. The molecular formula is C15H18FNO3. The van der Waals surface area contributed by atoms with Crippen LogP contribution in [0.1, 0.15) is 32.3 Å². The smallest absolute Gasteiger partial charge is 0.329 e. The van der Waals surface area contributed by atoms with Gasteiger partial charge in [-0.1, -0.05) is 32.0 Å². The number of hydrogen-bond donors (Lipinski definition) is 2. The third kappa shape index (κ3) is 3.66. The van der Waals surface area contributed by atoms with Crippen LogP contribution in [-0.4, -0.2) is 22.5 Å². The molecule has 0 spiro atoms. The Hall–Kier alpha value is -2.17. The second kappa shape index (κ2) is 6.84. The zero-order valence-corrected chi connectivity index (χ0v) is 11.5. The first-order valence-electron chi connectivity index (χ1n) is 6.43. The van der Waals surface area contributed by atoms with Gasteiger partial charge in [-0.05, 0) is 25.0 Å². The molecule has 1 aromatic carbocycles. The summed E-state index contributed by atoms with van der Waals surface area (Å²) in [5, 5.41) is 11.7. The van der Waals surface area contributed by atoms with E-state index in [1.54, 1.807) is 26.0 Å². The molecule has 0 saturated heterocycles. The Morgan fingerprint density at radius 1 is 1.30 bits per heavy atom. The molecule has 0 aliphatic rings. The molecule has 5 heteroatoms. The van der Waals surface area contributed by atoms with Gasteiger partial charge in [0, 0.05) is 11.6 Å². The lowest BCUT2D eigenvalue weighted by Gasteiger charge is -2.27. The summed E-state index contributed by atoms with van der Waals surface area (Å²) in [6, 6.07) is 6.02. The number of amides is 1. The van der Waals surface area contributed by atoms with E-state index in [2.05, 4.69) is 5.32 Å². The molecule has 0 atom stereocenters. The second-order valence-electron chi connectivity index (χ2n) is 4.44. The van der Waals surface area contributed by atoms with Crippen LogP contribution >= 0.6 is 0 Å². The molecular weight excluding hydrogens is 261 g/mol. The van der Waals surface area contributed by atoms with E-state index in [4.69, 9.17) is 0 Å². The number of hydrogen-bond acceptors (Lipinski definition) is 2. The van der Waals surface area contributed by atoms with E-state index in [0.717, 1.165) is 6.08 Å². The molecule has 0 heterocycles. The lowest BCUT2D eigenvalue weighted by Crippen LogP contribution is -2.53. The lowest BCUT2D eigenvalue weighted by atomic mass is 9.93. The van der Waals surface area contributed by atoms with E-state index < -0.39 is 23.2 Å². The standard InChI is InChI=1S/C15H18FNO3/c1-3-15(4-2,14(19)20)17-13(18)10-9-11-7-5-6-8-12(11)16/h5-10H,3-4H2,1-2H3,(H,17,18)(H,19,20). The molecule has 0 aliphatic carbocycles. The summed E-state index contributed by atoms with van der Waals surface area (Å²) in [5.74, 6) is -2.07. The minimum absolute atomic E-state index is 0.275. The average Bonchev–Trinajstić information content (AvgIpc) is 2.43. The molecule has 0 saturated carbocycles. The fourth-order valence-electron chi connectivity index (χ4n) is 1.84. The zero-order valence-electron chi connectivity index (χ0n) is 11.5. The monoisotopic (exact) mass is 279 g/mol. The van der Waals surface area contributed by atoms with Gasteiger partial charge in [-0.3, -0.25) is 4.79 Å². The highest BCUT2D eigenvalue weighted by atomic mass is 19.1. The minimum atomic E-state index is -1.28. The Bertz CT molecular complexity index is 522. The summed E-state index contributed by atoms with van der Waals surface area (Å²) in [6.07, 6.45) is 3.01. The van der Waals surface area contributed by atoms with Gasteiger partial charge in [-0.2, -0.15) is 0 Å². The minimum Gasteiger partial charge on any atom is -0.480 e. The normalized spacial score (nSPS) is 11.6. The first kappa shape index (κ1) is 15.9. The van der Waals surface area contributed by atoms with Crippen LogP contribution in [0.3, 0.4) is 0 Å². The number of carboxylic acids is 1. The summed E-state index contributed by atoms with van der Waals surface area (Å²) in [5.41, 5.74) is -1.01. The van der Waals surface area contributed by atoms with Gasteiger partial charge in [0.1, 0.15) is 11.4 Å². The summed E-state index contributed by atoms with van der Waals surface area (Å²) in [7, 11) is 0. The first-order valence-corrected chi connectivity index (χ1v) is 6.43. The van der Waals surface area contributed by atoms with Crippen molar-refractivity contribution >= 4 is 18.0 Å². The van der Waals surface area contributed by atoms with E-state index in [9.17, 15) is 19.1 Å². The van der Waals surface area contributed by atoms with E-state index in [-0.39, 0.29) is 18.4 Å². The quantitative estimate of drug-likeness (QED) is 0.787. The van der Waals surface area contributed by atoms with Crippen LogP contribution in [0.2, 0.25) is 0 Å². The zero-order chi connectivity index (χ0) is 15.2. The van der Waals surface area contributed by atoms with Gasteiger partial charge < -0.3 is 10.4 Å². The van der Waals surface area contributed by atoms with Crippen LogP contribution in [0.4, 0.5) is 4.39 Å². The van der Waals surface area contributed by atoms with Crippen molar-refractivity contribution in [3.63, 3.8) is 0 Å². The van der Waals surface area contributed by atoms with Crippen LogP contribution < -0.4 is 5.32 Å². The molecule has 0 unspecified atom stereocenters. The number of rotatable bonds is 6. The van der Waals surface area contributed by atoms with Crippen molar-refractivity contribution in [1.82, 2.24) is 5.32 Å². The third-order valence-electron chi connectivity index (χ3n) is 3.30. The van der Waals surface area contributed by atoms with Gasteiger partial charge in [-0.25, -0.2) is 9.18 Å². The number of aliphatic carboxylic acids is 1. The van der Waals surface area contributed by atoms with Gasteiger partial charge in [0.2, 0.25) is 5.91 Å². The maximum Gasteiger partial charge on any atom is 0.329 e. The van der Waals surface area contributed by atoms with Crippen molar-refractivity contribution in [1.29, 1.82) is 0 Å². The molecule has 0 fully saturated rings. The van der Waals surface area contributed by atoms with Crippen LogP contribution in [0.5, 0.6) is 0 Å². The summed E-state index contributed by atoms with van der Waals surface area (Å²) in [6.45, 7) is 3.39. The predicted molar refractivity (Wildman–Crippen MR) is 74.5 cm³/mol. The number of carbonyl (C=O) groups is 2. The lowest BCUT2D eigenvalue weighted by molar-refractivity contribution is -0.147. The van der Waals surface area contributed by atoms with Crippen LogP contribution in [-0.2, 0) is 9.59 Å². The molecule has 1 rings (SSSR count). The number of halogens is 1. The van der Waals surface area contributed by atoms with Crippen molar-refractivity contribution in [2.75, 3.05) is 0 Å². The van der Waals surface area contributed by atoms with Crippen molar-refractivity contribution in [3.8, 4) is 0 Å². The fraction of sp³-hybridized carbons (Fsp3) is 0.333. The van der Waals surface area contributed by atoms with E-state index in [1.165, 1.54) is 18.2 Å². The summed E-state index contributed by atoms with van der Waals surface area (Å²) in [4.78, 5) is 23.0. The van der Waals surface area contributed by atoms with Crippen LogP contribution in [0.25, 0.3) is 6.08 Å². The number of carboxylic acid groups (broad SMARTS) is 1. The molecule has 108 valence electrons. The Morgan fingerprint density at radius 3 is 2.40 bits per heavy atom. The fourth-order valence-corrected chi connectivity index (χ4v) is 1.84. The topological polar surface area (TPSA) is 66.4 Å². The molecule has 4 nitrogen and oxygen atoms in total. The van der Waals surface area contributed by atoms with E-state index >= 15 is 0 Å². The SMILES string of the molecule is CCC(CC)(NC(=O)C=Cc1ccccc1F)C(=O)O. The van der Waals surface area contributed by atoms with Crippen LogP contribution in [0, 0.1) is 5.82 Å². The number of nitrogens with one attached hydrogen (secondary N) is 1. The Balaban J connectivity index is 2.82. The summed E-state index contributed by atoms with van der Waals surface area (Å²) < 4.78 is 13.4.